The molecular formula is C29H23FN4O2. The van der Waals surface area contributed by atoms with Gasteiger partial charge < -0.3 is 9.88 Å². The molecule has 0 radical (unpaired) electrons. The number of nitrogens with zero attached hydrogens (tertiary/aromatic N) is 2. The van der Waals surface area contributed by atoms with Crippen molar-refractivity contribution in [2.45, 2.75) is 13.0 Å². The molecule has 4 aromatic carbocycles. The molecule has 0 aliphatic heterocycles. The zero-order chi connectivity index (χ0) is 24.9. The maximum Gasteiger partial charge on any atom is 0.244 e. The summed E-state index contributed by atoms with van der Waals surface area (Å²) in [6.07, 6.45) is 3.61. The van der Waals surface area contributed by atoms with Crippen LogP contribution >= 0.6 is 0 Å². The average Bonchev–Trinajstić information content (AvgIpc) is 3.23. The second kappa shape index (κ2) is 10.2. The summed E-state index contributed by atoms with van der Waals surface area (Å²) in [5.41, 5.74) is 5.69. The van der Waals surface area contributed by atoms with Crippen molar-refractivity contribution >= 4 is 45.4 Å². The van der Waals surface area contributed by atoms with Gasteiger partial charge >= 0.3 is 0 Å². The number of para-hydroxylation sites is 1. The van der Waals surface area contributed by atoms with E-state index >= 15 is 0 Å². The molecule has 178 valence electrons. The van der Waals surface area contributed by atoms with Crippen LogP contribution in [0.15, 0.2) is 102 Å². The summed E-state index contributed by atoms with van der Waals surface area (Å²) in [7, 11) is 0. The van der Waals surface area contributed by atoms with Crippen LogP contribution in [0.5, 0.6) is 0 Å². The number of benzene rings is 4. The Balaban J connectivity index is 1.28. The fourth-order valence-corrected chi connectivity index (χ4v) is 4.23. The maximum atomic E-state index is 13.1. The SMILES string of the molecule is O=C(Cc1cccc2ccccc12)NN=Cc1cn(CC(=O)Nc2ccc(F)cc2)c2ccccc12. The van der Waals surface area contributed by atoms with Crippen LogP contribution in [0.3, 0.4) is 0 Å². The molecule has 0 aliphatic rings. The van der Waals surface area contributed by atoms with Crippen molar-refractivity contribution in [2.24, 2.45) is 5.10 Å². The molecule has 0 saturated heterocycles. The lowest BCUT2D eigenvalue weighted by molar-refractivity contribution is -0.120. The average molecular weight is 479 g/mol. The third-order valence-corrected chi connectivity index (χ3v) is 5.89. The normalized spacial score (nSPS) is 11.2. The molecule has 2 amide bonds. The van der Waals surface area contributed by atoms with Gasteiger partial charge in [-0.05, 0) is 46.7 Å². The number of carbonyl (C=O) groups excluding carboxylic acids is 2. The number of amides is 2. The Kier molecular flexibility index (Phi) is 6.53. The molecule has 36 heavy (non-hydrogen) atoms. The largest absolute Gasteiger partial charge is 0.337 e. The van der Waals surface area contributed by atoms with E-state index in [0.717, 1.165) is 32.8 Å². The van der Waals surface area contributed by atoms with Crippen molar-refractivity contribution in [3.8, 4) is 0 Å². The van der Waals surface area contributed by atoms with Gasteiger partial charge in [-0.2, -0.15) is 5.10 Å². The van der Waals surface area contributed by atoms with Crippen molar-refractivity contribution < 1.29 is 14.0 Å². The van der Waals surface area contributed by atoms with Gasteiger partial charge in [-0.25, -0.2) is 9.82 Å². The molecule has 0 bridgehead atoms. The molecule has 0 atom stereocenters. The Hall–Kier alpha value is -4.78. The molecule has 0 saturated carbocycles. The van der Waals surface area contributed by atoms with Gasteiger partial charge in [0.05, 0.1) is 12.6 Å². The Morgan fingerprint density at radius 1 is 0.833 bits per heavy atom. The zero-order valence-electron chi connectivity index (χ0n) is 19.3. The first-order chi connectivity index (χ1) is 17.6. The first-order valence-electron chi connectivity index (χ1n) is 11.5. The lowest BCUT2D eigenvalue weighted by Gasteiger charge is -2.07. The second-order valence-electron chi connectivity index (χ2n) is 8.39. The Morgan fingerprint density at radius 3 is 2.39 bits per heavy atom. The number of rotatable bonds is 7. The number of fused-ring (bicyclic) bond motifs is 2. The van der Waals surface area contributed by atoms with Crippen LogP contribution in [0, 0.1) is 5.82 Å². The minimum Gasteiger partial charge on any atom is -0.337 e. The van der Waals surface area contributed by atoms with Crippen molar-refractivity contribution in [2.75, 3.05) is 5.32 Å². The summed E-state index contributed by atoms with van der Waals surface area (Å²) < 4.78 is 14.9. The van der Waals surface area contributed by atoms with E-state index in [4.69, 9.17) is 0 Å². The van der Waals surface area contributed by atoms with E-state index in [9.17, 15) is 14.0 Å². The van der Waals surface area contributed by atoms with E-state index in [1.807, 2.05) is 77.5 Å². The van der Waals surface area contributed by atoms with Crippen molar-refractivity contribution in [3.05, 3.63) is 114 Å². The summed E-state index contributed by atoms with van der Waals surface area (Å²) in [5.74, 6) is -0.822. The highest BCUT2D eigenvalue weighted by atomic mass is 19.1. The van der Waals surface area contributed by atoms with Crippen LogP contribution in [0.4, 0.5) is 10.1 Å². The summed E-state index contributed by atoms with van der Waals surface area (Å²) in [6.45, 7) is 0.0686. The number of nitrogens with one attached hydrogen (secondary N) is 2. The lowest BCUT2D eigenvalue weighted by atomic mass is 10.0. The van der Waals surface area contributed by atoms with Crippen LogP contribution < -0.4 is 10.7 Å². The smallest absolute Gasteiger partial charge is 0.244 e. The Morgan fingerprint density at radius 2 is 1.56 bits per heavy atom. The number of anilines is 1. The van der Waals surface area contributed by atoms with Gasteiger partial charge in [0.1, 0.15) is 12.4 Å². The van der Waals surface area contributed by atoms with Crippen LogP contribution in [-0.4, -0.2) is 22.6 Å². The van der Waals surface area contributed by atoms with Gasteiger partial charge in [-0.3, -0.25) is 9.59 Å². The highest BCUT2D eigenvalue weighted by Crippen LogP contribution is 2.21. The topological polar surface area (TPSA) is 75.5 Å². The van der Waals surface area contributed by atoms with Crippen LogP contribution in [0.25, 0.3) is 21.7 Å². The van der Waals surface area contributed by atoms with E-state index in [-0.39, 0.29) is 30.6 Å². The maximum absolute atomic E-state index is 13.1. The summed E-state index contributed by atoms with van der Waals surface area (Å²) in [4.78, 5) is 25.1. The van der Waals surface area contributed by atoms with E-state index < -0.39 is 0 Å². The van der Waals surface area contributed by atoms with E-state index in [1.54, 1.807) is 6.21 Å². The summed E-state index contributed by atoms with van der Waals surface area (Å²) in [6, 6.07) is 27.1. The summed E-state index contributed by atoms with van der Waals surface area (Å²) >= 11 is 0. The van der Waals surface area contributed by atoms with Crippen molar-refractivity contribution in [1.82, 2.24) is 9.99 Å². The molecular weight excluding hydrogens is 455 g/mol. The van der Waals surface area contributed by atoms with E-state index in [0.29, 0.717) is 5.69 Å². The Bertz CT molecular complexity index is 1580. The van der Waals surface area contributed by atoms with Crippen LogP contribution in [-0.2, 0) is 22.6 Å². The van der Waals surface area contributed by atoms with Crippen molar-refractivity contribution in [3.63, 3.8) is 0 Å². The number of halogens is 1. The van der Waals surface area contributed by atoms with Gasteiger partial charge in [0.15, 0.2) is 0 Å². The first kappa shape index (κ1) is 23.0. The van der Waals surface area contributed by atoms with Gasteiger partial charge in [-0.15, -0.1) is 0 Å². The van der Waals surface area contributed by atoms with Crippen LogP contribution in [0.2, 0.25) is 0 Å². The third-order valence-electron chi connectivity index (χ3n) is 5.89. The van der Waals surface area contributed by atoms with Crippen molar-refractivity contribution in [1.29, 1.82) is 0 Å². The molecule has 0 fully saturated rings. The minimum absolute atomic E-state index is 0.0686. The molecule has 6 nitrogen and oxygen atoms in total. The molecule has 2 N–H and O–H groups in total. The van der Waals surface area contributed by atoms with E-state index in [2.05, 4.69) is 15.8 Å². The quantitative estimate of drug-likeness (QED) is 0.247. The fourth-order valence-electron chi connectivity index (χ4n) is 4.23. The van der Waals surface area contributed by atoms with Crippen LogP contribution in [0.1, 0.15) is 11.1 Å². The predicted molar refractivity (Wildman–Crippen MR) is 140 cm³/mol. The molecule has 0 unspecified atom stereocenters. The number of hydrogen-bond acceptors (Lipinski definition) is 3. The number of hydrogen-bond donors (Lipinski definition) is 2. The summed E-state index contributed by atoms with van der Waals surface area (Å²) in [5, 5.41) is 9.96. The molecule has 0 aliphatic carbocycles. The predicted octanol–water partition coefficient (Wildman–Crippen LogP) is 5.27. The molecule has 5 aromatic rings. The molecule has 7 heteroatoms. The fraction of sp³-hybridized carbons (Fsp3) is 0.0690. The zero-order valence-corrected chi connectivity index (χ0v) is 19.3. The highest BCUT2D eigenvalue weighted by Gasteiger charge is 2.11. The van der Waals surface area contributed by atoms with Gasteiger partial charge in [0.25, 0.3) is 0 Å². The van der Waals surface area contributed by atoms with E-state index in [1.165, 1.54) is 24.3 Å². The number of hydrazone groups is 1. The van der Waals surface area contributed by atoms with Gasteiger partial charge in [-0.1, -0.05) is 60.7 Å². The minimum atomic E-state index is -0.363. The molecule has 1 heterocycles. The highest BCUT2D eigenvalue weighted by molar-refractivity contribution is 6.01. The molecule has 0 spiro atoms. The lowest BCUT2D eigenvalue weighted by Crippen LogP contribution is -2.20. The number of aromatic nitrogens is 1. The molecule has 5 rings (SSSR count). The third kappa shape index (κ3) is 5.15. The standard InChI is InChI=1S/C29H23FN4O2/c30-23-12-14-24(15-13-23)32-29(36)19-34-18-22(26-10-3-4-11-27(26)34)17-31-33-28(35)16-21-8-5-7-20-6-1-2-9-25(20)21/h1-15,17-18H,16,19H2,(H,32,36)(H,33,35). The molecule has 1 aromatic heterocycles. The second-order valence-corrected chi connectivity index (χ2v) is 8.39. The van der Waals surface area contributed by atoms with Gasteiger partial charge in [0, 0.05) is 28.4 Å². The number of carbonyl (C=O) groups is 2. The Labute approximate surface area is 207 Å². The monoisotopic (exact) mass is 478 g/mol. The first-order valence-corrected chi connectivity index (χ1v) is 11.5. The van der Waals surface area contributed by atoms with Gasteiger partial charge in [0.2, 0.25) is 11.8 Å².